The van der Waals surface area contributed by atoms with Gasteiger partial charge in [0.05, 0.1) is 17.8 Å². The maximum Gasteiger partial charge on any atom is 0.278 e. The first-order chi connectivity index (χ1) is 15.3. The summed E-state index contributed by atoms with van der Waals surface area (Å²) in [6.07, 6.45) is 6.10. The number of morpholine rings is 1. The van der Waals surface area contributed by atoms with Gasteiger partial charge in [-0.05, 0) is 44.4 Å². The largest absolute Gasteiger partial charge is 0.372 e. The summed E-state index contributed by atoms with van der Waals surface area (Å²) >= 11 is 0. The Morgan fingerprint density at radius 3 is 2.09 bits per heavy atom. The van der Waals surface area contributed by atoms with Crippen molar-refractivity contribution < 1.29 is 19.1 Å². The molecule has 1 aliphatic carbocycles. The van der Waals surface area contributed by atoms with Crippen molar-refractivity contribution in [2.75, 3.05) is 18.4 Å². The Morgan fingerprint density at radius 2 is 1.53 bits per heavy atom. The first-order valence-electron chi connectivity index (χ1n) is 11.8. The van der Waals surface area contributed by atoms with E-state index in [2.05, 4.69) is 5.32 Å². The van der Waals surface area contributed by atoms with E-state index in [0.717, 1.165) is 38.5 Å². The maximum absolute atomic E-state index is 13.7. The lowest BCUT2D eigenvalue weighted by atomic mass is 10.0. The molecule has 1 saturated carbocycles. The highest BCUT2D eigenvalue weighted by Gasteiger charge is 2.45. The number of anilines is 1. The van der Waals surface area contributed by atoms with Gasteiger partial charge in [-0.15, -0.1) is 0 Å². The molecule has 0 spiro atoms. The molecular formula is C25H33N3O4. The highest BCUT2D eigenvalue weighted by molar-refractivity contribution is 6.35. The third-order valence-electron chi connectivity index (χ3n) is 6.51. The second kappa shape index (κ2) is 9.45. The van der Waals surface area contributed by atoms with Gasteiger partial charge < -0.3 is 15.0 Å². The normalized spacial score (nSPS) is 25.3. The standard InChI is InChI=1S/C25H33N3O4/c1-16-14-27(15-17(2)32-16)23-22(19-10-12-20(13-11-19)26-18(3)29)24(30)28(25(23)31)21-8-6-4-5-7-9-21/h10-13,16-17,21H,4-9,14-15H2,1-3H3,(H,26,29). The van der Waals surface area contributed by atoms with Crippen LogP contribution in [0.1, 0.15) is 64.9 Å². The predicted octanol–water partition coefficient (Wildman–Crippen LogP) is 3.56. The minimum absolute atomic E-state index is 0.0236. The first kappa shape index (κ1) is 22.5. The SMILES string of the molecule is CC(=O)Nc1ccc(C2=C(N3CC(C)OC(C)C3)C(=O)N(C3CCCCCC3)C2=O)cc1. The fraction of sp³-hybridized carbons (Fsp3) is 0.560. The second-order valence-electron chi connectivity index (χ2n) is 9.27. The summed E-state index contributed by atoms with van der Waals surface area (Å²) in [6.45, 7) is 6.60. The molecule has 172 valence electrons. The summed E-state index contributed by atoms with van der Waals surface area (Å²) in [6, 6.07) is 7.14. The molecular weight excluding hydrogens is 406 g/mol. The number of rotatable bonds is 4. The van der Waals surface area contributed by atoms with Crippen LogP contribution in [0.2, 0.25) is 0 Å². The average Bonchev–Trinajstić information content (AvgIpc) is 2.89. The quantitative estimate of drug-likeness (QED) is 0.573. The molecule has 2 fully saturated rings. The Morgan fingerprint density at radius 1 is 0.938 bits per heavy atom. The number of hydrogen-bond acceptors (Lipinski definition) is 5. The molecule has 2 heterocycles. The third kappa shape index (κ3) is 4.58. The van der Waals surface area contributed by atoms with Gasteiger partial charge in [0, 0.05) is 31.7 Å². The number of nitrogens with zero attached hydrogens (tertiary/aromatic N) is 2. The third-order valence-corrected chi connectivity index (χ3v) is 6.51. The average molecular weight is 440 g/mol. The topological polar surface area (TPSA) is 79.0 Å². The molecule has 1 aromatic carbocycles. The van der Waals surface area contributed by atoms with Gasteiger partial charge in [0.25, 0.3) is 11.8 Å². The monoisotopic (exact) mass is 439 g/mol. The molecule has 0 aromatic heterocycles. The zero-order valence-electron chi connectivity index (χ0n) is 19.2. The van der Waals surface area contributed by atoms with Gasteiger partial charge in [-0.2, -0.15) is 0 Å². The van der Waals surface area contributed by atoms with Crippen LogP contribution in [0.5, 0.6) is 0 Å². The molecule has 3 aliphatic rings. The molecule has 32 heavy (non-hydrogen) atoms. The molecule has 7 heteroatoms. The van der Waals surface area contributed by atoms with Gasteiger partial charge in [0.1, 0.15) is 5.70 Å². The van der Waals surface area contributed by atoms with Crippen molar-refractivity contribution in [3.05, 3.63) is 35.5 Å². The van der Waals surface area contributed by atoms with Crippen molar-refractivity contribution >= 4 is 29.0 Å². The summed E-state index contributed by atoms with van der Waals surface area (Å²) in [7, 11) is 0. The lowest BCUT2D eigenvalue weighted by Gasteiger charge is -2.37. The summed E-state index contributed by atoms with van der Waals surface area (Å²) in [5.41, 5.74) is 2.33. The minimum atomic E-state index is -0.198. The van der Waals surface area contributed by atoms with Crippen LogP contribution in [-0.2, 0) is 19.1 Å². The second-order valence-corrected chi connectivity index (χ2v) is 9.27. The molecule has 1 aromatic rings. The number of amides is 3. The molecule has 1 saturated heterocycles. The molecule has 1 N–H and O–H groups in total. The number of benzene rings is 1. The summed E-state index contributed by atoms with van der Waals surface area (Å²) < 4.78 is 5.88. The van der Waals surface area contributed by atoms with Crippen LogP contribution in [0.3, 0.4) is 0 Å². The van der Waals surface area contributed by atoms with Crippen LogP contribution in [0.4, 0.5) is 5.69 Å². The van der Waals surface area contributed by atoms with Gasteiger partial charge in [0.2, 0.25) is 5.91 Å². The van der Waals surface area contributed by atoms with Gasteiger partial charge in [0.15, 0.2) is 0 Å². The van der Waals surface area contributed by atoms with Crippen LogP contribution in [0.15, 0.2) is 30.0 Å². The molecule has 0 bridgehead atoms. The van der Waals surface area contributed by atoms with Gasteiger partial charge in [-0.25, -0.2) is 0 Å². The van der Waals surface area contributed by atoms with E-state index in [1.165, 1.54) is 11.8 Å². The fourth-order valence-corrected chi connectivity index (χ4v) is 5.22. The van der Waals surface area contributed by atoms with Crippen molar-refractivity contribution in [3.8, 4) is 0 Å². The number of ether oxygens (including phenoxy) is 1. The maximum atomic E-state index is 13.7. The van der Waals surface area contributed by atoms with E-state index in [9.17, 15) is 14.4 Å². The smallest absolute Gasteiger partial charge is 0.278 e. The van der Waals surface area contributed by atoms with E-state index in [4.69, 9.17) is 4.74 Å². The van der Waals surface area contributed by atoms with E-state index in [-0.39, 0.29) is 36.0 Å². The van der Waals surface area contributed by atoms with E-state index in [1.54, 1.807) is 12.1 Å². The first-order valence-corrected chi connectivity index (χ1v) is 11.8. The van der Waals surface area contributed by atoms with Crippen LogP contribution < -0.4 is 5.32 Å². The Labute approximate surface area is 189 Å². The number of hydrogen-bond donors (Lipinski definition) is 1. The molecule has 3 amide bonds. The number of carbonyl (C=O) groups is 3. The Kier molecular flexibility index (Phi) is 6.65. The molecule has 4 rings (SSSR count). The van der Waals surface area contributed by atoms with Crippen LogP contribution in [-0.4, -0.2) is 58.9 Å². The summed E-state index contributed by atoms with van der Waals surface area (Å²) in [4.78, 5) is 42.4. The van der Waals surface area contributed by atoms with Crippen molar-refractivity contribution in [3.63, 3.8) is 0 Å². The summed E-state index contributed by atoms with van der Waals surface area (Å²) in [5.74, 6) is -0.527. The van der Waals surface area contributed by atoms with Crippen LogP contribution >= 0.6 is 0 Å². The lowest BCUT2D eigenvalue weighted by Crippen LogP contribution is -2.48. The van der Waals surface area contributed by atoms with Crippen LogP contribution in [0, 0.1) is 0 Å². The predicted molar refractivity (Wildman–Crippen MR) is 123 cm³/mol. The summed E-state index contributed by atoms with van der Waals surface area (Å²) in [5, 5.41) is 2.75. The number of nitrogens with one attached hydrogen (secondary N) is 1. The van der Waals surface area contributed by atoms with Gasteiger partial charge in [-0.3, -0.25) is 19.3 Å². The van der Waals surface area contributed by atoms with E-state index in [1.807, 2.05) is 30.9 Å². The highest BCUT2D eigenvalue weighted by atomic mass is 16.5. The van der Waals surface area contributed by atoms with Crippen LogP contribution in [0.25, 0.3) is 5.57 Å². The number of imide groups is 1. The van der Waals surface area contributed by atoms with Gasteiger partial charge >= 0.3 is 0 Å². The van der Waals surface area contributed by atoms with Crippen molar-refractivity contribution in [1.82, 2.24) is 9.80 Å². The molecule has 2 atom stereocenters. The van der Waals surface area contributed by atoms with E-state index < -0.39 is 0 Å². The zero-order chi connectivity index (χ0) is 22.8. The molecule has 2 unspecified atom stereocenters. The Bertz CT molecular complexity index is 906. The molecule has 2 aliphatic heterocycles. The Balaban J connectivity index is 1.73. The lowest BCUT2D eigenvalue weighted by molar-refractivity contribution is -0.141. The van der Waals surface area contributed by atoms with Crippen molar-refractivity contribution in [2.45, 2.75) is 77.5 Å². The van der Waals surface area contributed by atoms with Crippen molar-refractivity contribution in [2.24, 2.45) is 0 Å². The van der Waals surface area contributed by atoms with Crippen molar-refractivity contribution in [1.29, 1.82) is 0 Å². The van der Waals surface area contributed by atoms with Gasteiger partial charge in [-0.1, -0.05) is 37.8 Å². The van der Waals surface area contributed by atoms with E-state index >= 15 is 0 Å². The molecule has 7 nitrogen and oxygen atoms in total. The number of carbonyl (C=O) groups excluding carboxylic acids is 3. The zero-order valence-corrected chi connectivity index (χ0v) is 19.2. The van der Waals surface area contributed by atoms with E-state index in [0.29, 0.717) is 35.6 Å². The minimum Gasteiger partial charge on any atom is -0.372 e. The Hall–Kier alpha value is -2.67. The highest BCUT2D eigenvalue weighted by Crippen LogP contribution is 2.37. The molecule has 0 radical (unpaired) electrons. The fourth-order valence-electron chi connectivity index (χ4n) is 5.22.